The number of imidazole rings is 1. The molecule has 0 aliphatic carbocycles. The van der Waals surface area contributed by atoms with Gasteiger partial charge < -0.3 is 14.8 Å². The van der Waals surface area contributed by atoms with Crippen molar-refractivity contribution in [2.45, 2.75) is 39.5 Å². The summed E-state index contributed by atoms with van der Waals surface area (Å²) < 4.78 is 42.5. The maximum atomic E-state index is 13.6. The summed E-state index contributed by atoms with van der Waals surface area (Å²) in [5, 5.41) is 3.84. The van der Waals surface area contributed by atoms with Crippen LogP contribution in [0.5, 0.6) is 0 Å². The summed E-state index contributed by atoms with van der Waals surface area (Å²) in [5.41, 5.74) is 3.30. The van der Waals surface area contributed by atoms with Crippen molar-refractivity contribution in [2.75, 3.05) is 24.5 Å². The topological polar surface area (TPSA) is 82.9 Å². The van der Waals surface area contributed by atoms with Crippen molar-refractivity contribution < 1.29 is 18.0 Å². The number of hydrogen-bond acceptors (Lipinski definition) is 6. The van der Waals surface area contributed by atoms with Gasteiger partial charge in [-0.25, -0.2) is 9.97 Å². The fourth-order valence-electron chi connectivity index (χ4n) is 4.43. The lowest BCUT2D eigenvalue weighted by Crippen LogP contribution is -2.54. The standard InChI is InChI=1S/C23H24F3N7OS/c1-13-10-14(2)33(30-13)12-18(34)32-9-8-31(11-15(32)3)21-19(29-22(35-21)23(24,25)26)20-27-16-6-4-5-7-17(16)28-20/h4-7,10,15H,8-9,11-12H2,1-3H3,(H,27,28). The quantitative estimate of drug-likeness (QED) is 0.450. The summed E-state index contributed by atoms with van der Waals surface area (Å²) in [6.07, 6.45) is -4.56. The lowest BCUT2D eigenvalue weighted by molar-refractivity contribution is -0.137. The Kier molecular flexibility index (Phi) is 5.78. The number of alkyl halides is 3. The monoisotopic (exact) mass is 503 g/mol. The van der Waals surface area contributed by atoms with Gasteiger partial charge in [-0.3, -0.25) is 9.48 Å². The summed E-state index contributed by atoms with van der Waals surface area (Å²) in [6.45, 7) is 6.97. The van der Waals surface area contributed by atoms with Gasteiger partial charge in [-0.05, 0) is 39.0 Å². The molecule has 3 aromatic heterocycles. The van der Waals surface area contributed by atoms with Gasteiger partial charge in [0.05, 0.1) is 16.7 Å². The van der Waals surface area contributed by atoms with E-state index in [0.29, 0.717) is 47.3 Å². The molecule has 4 aromatic rings. The van der Waals surface area contributed by atoms with Crippen LogP contribution in [0.15, 0.2) is 30.3 Å². The van der Waals surface area contributed by atoms with Crippen molar-refractivity contribution in [3.8, 4) is 11.5 Å². The Morgan fingerprint density at radius 2 is 1.97 bits per heavy atom. The summed E-state index contributed by atoms with van der Waals surface area (Å²) in [6, 6.07) is 8.97. The van der Waals surface area contributed by atoms with E-state index in [1.165, 1.54) is 0 Å². The van der Waals surface area contributed by atoms with Crippen LogP contribution < -0.4 is 4.90 Å². The highest BCUT2D eigenvalue weighted by atomic mass is 32.1. The molecule has 1 aliphatic heterocycles. The Labute approximate surface area is 203 Å². The highest BCUT2D eigenvalue weighted by Crippen LogP contribution is 2.42. The van der Waals surface area contributed by atoms with Crippen molar-refractivity contribution in [3.63, 3.8) is 0 Å². The third kappa shape index (κ3) is 4.49. The first-order chi connectivity index (χ1) is 16.6. The van der Waals surface area contributed by atoms with E-state index in [9.17, 15) is 18.0 Å². The summed E-state index contributed by atoms with van der Waals surface area (Å²) in [7, 11) is 0. The van der Waals surface area contributed by atoms with Crippen LogP contribution in [0.4, 0.5) is 18.2 Å². The number of H-pyrrole nitrogens is 1. The normalized spacial score (nSPS) is 16.9. The van der Waals surface area contributed by atoms with Gasteiger partial charge in [0.1, 0.15) is 17.2 Å². The van der Waals surface area contributed by atoms with Crippen LogP contribution in [0.3, 0.4) is 0 Å². The summed E-state index contributed by atoms with van der Waals surface area (Å²) in [4.78, 5) is 28.1. The Balaban J connectivity index is 1.40. The number of carbonyl (C=O) groups is 1. The molecule has 0 saturated carbocycles. The number of aromatic amines is 1. The van der Waals surface area contributed by atoms with Crippen LogP contribution in [0.1, 0.15) is 23.3 Å². The predicted octanol–water partition coefficient (Wildman–Crippen LogP) is 4.26. The van der Waals surface area contributed by atoms with Crippen molar-refractivity contribution in [1.29, 1.82) is 0 Å². The molecule has 35 heavy (non-hydrogen) atoms. The molecule has 1 aliphatic rings. The van der Waals surface area contributed by atoms with Gasteiger partial charge in [0.15, 0.2) is 5.82 Å². The Bertz CT molecular complexity index is 1360. The van der Waals surface area contributed by atoms with Gasteiger partial charge in [-0.2, -0.15) is 18.3 Å². The van der Waals surface area contributed by atoms with E-state index in [2.05, 4.69) is 20.1 Å². The number of para-hydroxylation sites is 2. The number of thiazole rings is 1. The van der Waals surface area contributed by atoms with Gasteiger partial charge in [-0.15, -0.1) is 0 Å². The Hall–Kier alpha value is -3.41. The van der Waals surface area contributed by atoms with Crippen molar-refractivity contribution in [1.82, 2.24) is 29.6 Å². The van der Waals surface area contributed by atoms with E-state index in [-0.39, 0.29) is 24.2 Å². The molecule has 12 heteroatoms. The SMILES string of the molecule is Cc1cc(C)n(CC(=O)N2CCN(c3sc(C(F)(F)F)nc3-c3nc4ccccc4[nH]3)CC2C)n1. The molecule has 0 bridgehead atoms. The number of nitrogens with zero attached hydrogens (tertiary/aromatic N) is 6. The zero-order chi connectivity index (χ0) is 24.9. The van der Waals surface area contributed by atoms with Gasteiger partial charge >= 0.3 is 6.18 Å². The number of rotatable bonds is 4. The van der Waals surface area contributed by atoms with Crippen LogP contribution in [-0.4, -0.2) is 61.2 Å². The number of amides is 1. The third-order valence-electron chi connectivity index (χ3n) is 6.09. The molecule has 1 N–H and O–H groups in total. The number of carbonyl (C=O) groups excluding carboxylic acids is 1. The van der Waals surface area contributed by atoms with E-state index in [4.69, 9.17) is 0 Å². The molecule has 4 heterocycles. The first kappa shape index (κ1) is 23.3. The maximum Gasteiger partial charge on any atom is 0.443 e. The predicted molar refractivity (Wildman–Crippen MR) is 127 cm³/mol. The lowest BCUT2D eigenvalue weighted by Gasteiger charge is -2.40. The average Bonchev–Trinajstić information content (AvgIpc) is 3.49. The number of hydrogen-bond donors (Lipinski definition) is 1. The largest absolute Gasteiger partial charge is 0.443 e. The highest BCUT2D eigenvalue weighted by molar-refractivity contribution is 7.16. The highest BCUT2D eigenvalue weighted by Gasteiger charge is 2.39. The lowest BCUT2D eigenvalue weighted by atomic mass is 10.2. The second kappa shape index (κ2) is 8.67. The van der Waals surface area contributed by atoms with Gasteiger partial charge in [0, 0.05) is 31.4 Å². The molecular weight excluding hydrogens is 479 g/mol. The van der Waals surface area contributed by atoms with Crippen LogP contribution in [0.25, 0.3) is 22.6 Å². The number of aromatic nitrogens is 5. The maximum absolute atomic E-state index is 13.6. The number of halogens is 3. The van der Waals surface area contributed by atoms with E-state index >= 15 is 0 Å². The Morgan fingerprint density at radius 3 is 2.63 bits per heavy atom. The molecule has 184 valence electrons. The third-order valence-corrected chi connectivity index (χ3v) is 7.25. The van der Waals surface area contributed by atoms with Gasteiger partial charge in [-0.1, -0.05) is 23.5 Å². The molecule has 8 nitrogen and oxygen atoms in total. The average molecular weight is 504 g/mol. The Morgan fingerprint density at radius 1 is 1.20 bits per heavy atom. The van der Waals surface area contributed by atoms with Crippen molar-refractivity contribution in [2.24, 2.45) is 0 Å². The fraction of sp³-hybridized carbons (Fsp3) is 0.391. The molecule has 1 atom stereocenters. The van der Waals surface area contributed by atoms with E-state index < -0.39 is 11.2 Å². The number of piperazine rings is 1. The van der Waals surface area contributed by atoms with Gasteiger partial charge in [0.2, 0.25) is 10.9 Å². The number of benzene rings is 1. The number of fused-ring (bicyclic) bond motifs is 1. The molecule has 5 rings (SSSR count). The number of aryl methyl sites for hydroxylation is 2. The molecular formula is C23H24F3N7OS. The van der Waals surface area contributed by atoms with Crippen LogP contribution >= 0.6 is 11.3 Å². The molecule has 1 saturated heterocycles. The second-order valence-electron chi connectivity index (χ2n) is 8.74. The van der Waals surface area contributed by atoms with E-state index in [0.717, 1.165) is 16.9 Å². The van der Waals surface area contributed by atoms with Crippen LogP contribution in [-0.2, 0) is 17.5 Å². The smallest absolute Gasteiger partial charge is 0.358 e. The zero-order valence-corrected chi connectivity index (χ0v) is 20.2. The number of anilines is 1. The van der Waals surface area contributed by atoms with Gasteiger partial charge in [0.25, 0.3) is 0 Å². The summed E-state index contributed by atoms with van der Waals surface area (Å²) in [5.74, 6) is 0.227. The minimum absolute atomic E-state index is 0.0684. The molecule has 1 amide bonds. The minimum atomic E-state index is -4.56. The molecule has 0 radical (unpaired) electrons. The summed E-state index contributed by atoms with van der Waals surface area (Å²) >= 11 is 0.609. The second-order valence-corrected chi connectivity index (χ2v) is 9.72. The first-order valence-corrected chi connectivity index (χ1v) is 12.0. The first-order valence-electron chi connectivity index (χ1n) is 11.2. The van der Waals surface area contributed by atoms with Crippen molar-refractivity contribution >= 4 is 33.3 Å². The van der Waals surface area contributed by atoms with Crippen LogP contribution in [0.2, 0.25) is 0 Å². The molecule has 0 spiro atoms. The molecule has 1 fully saturated rings. The van der Waals surface area contributed by atoms with E-state index in [1.807, 2.05) is 49.9 Å². The zero-order valence-electron chi connectivity index (χ0n) is 19.4. The fourth-order valence-corrected chi connectivity index (χ4v) is 5.40. The minimum Gasteiger partial charge on any atom is -0.358 e. The van der Waals surface area contributed by atoms with Crippen molar-refractivity contribution in [3.05, 3.63) is 46.7 Å². The number of nitrogens with one attached hydrogen (secondary N) is 1. The molecule has 1 aromatic carbocycles. The van der Waals surface area contributed by atoms with Crippen LogP contribution in [0, 0.1) is 13.8 Å². The van der Waals surface area contributed by atoms with E-state index in [1.54, 1.807) is 15.6 Å². The molecule has 1 unspecified atom stereocenters.